The summed E-state index contributed by atoms with van der Waals surface area (Å²) in [6.45, 7) is 4.93. The Labute approximate surface area is 172 Å². The molecule has 156 valence electrons. The van der Waals surface area contributed by atoms with Crippen molar-refractivity contribution in [3.8, 4) is 17.1 Å². The molecule has 6 nitrogen and oxygen atoms in total. The normalized spacial score (nSPS) is 13.3. The predicted octanol–water partition coefficient (Wildman–Crippen LogP) is 4.14. The van der Waals surface area contributed by atoms with Crippen LogP contribution in [0.25, 0.3) is 11.4 Å². The van der Waals surface area contributed by atoms with Crippen molar-refractivity contribution in [3.05, 3.63) is 39.3 Å². The number of nitrogens with zero attached hydrogens (tertiary/aromatic N) is 2. The largest absolute Gasteiger partial charge is 0.496 e. The summed E-state index contributed by atoms with van der Waals surface area (Å²) in [7, 11) is 3.33. The quantitative estimate of drug-likeness (QED) is 0.678. The second kappa shape index (κ2) is 9.25. The molecule has 3 rings (SSSR count). The number of carbonyl (C=O) groups is 1. The third-order valence-electron chi connectivity index (χ3n) is 5.60. The summed E-state index contributed by atoms with van der Waals surface area (Å²) in [5.74, 6) is 1.30. The van der Waals surface area contributed by atoms with Crippen molar-refractivity contribution < 1.29 is 9.53 Å². The van der Waals surface area contributed by atoms with Crippen LogP contribution in [0.2, 0.25) is 0 Å². The van der Waals surface area contributed by atoms with Crippen molar-refractivity contribution in [2.45, 2.75) is 58.8 Å². The van der Waals surface area contributed by atoms with E-state index < -0.39 is 0 Å². The van der Waals surface area contributed by atoms with E-state index in [2.05, 4.69) is 12.2 Å². The van der Waals surface area contributed by atoms with Gasteiger partial charge >= 0.3 is 0 Å². The van der Waals surface area contributed by atoms with E-state index in [0.717, 1.165) is 61.0 Å². The molecule has 1 heterocycles. The number of rotatable bonds is 8. The Morgan fingerprint density at radius 3 is 2.62 bits per heavy atom. The van der Waals surface area contributed by atoms with E-state index in [4.69, 9.17) is 9.72 Å². The lowest BCUT2D eigenvalue weighted by molar-refractivity contribution is 0.0972. The van der Waals surface area contributed by atoms with Crippen LogP contribution in [0.4, 0.5) is 5.69 Å². The highest BCUT2D eigenvalue weighted by Crippen LogP contribution is 2.35. The molecule has 2 aromatic rings. The maximum Gasteiger partial charge on any atom is 0.277 e. The van der Waals surface area contributed by atoms with E-state index in [1.807, 2.05) is 13.0 Å². The number of anilines is 1. The Morgan fingerprint density at radius 2 is 1.93 bits per heavy atom. The Kier molecular flexibility index (Phi) is 6.72. The van der Waals surface area contributed by atoms with Crippen LogP contribution in [-0.2, 0) is 19.9 Å². The van der Waals surface area contributed by atoms with E-state index in [1.165, 1.54) is 0 Å². The number of fused-ring (bicyclic) bond motifs is 1. The second-order valence-electron chi connectivity index (χ2n) is 7.60. The van der Waals surface area contributed by atoms with Gasteiger partial charge in [0.05, 0.1) is 18.4 Å². The van der Waals surface area contributed by atoms with Crippen LogP contribution < -0.4 is 15.6 Å². The molecule has 0 radical (unpaired) electrons. The average Bonchev–Trinajstić information content (AvgIpc) is 2.73. The lowest BCUT2D eigenvalue weighted by atomic mass is 9.88. The average molecular weight is 398 g/mol. The monoisotopic (exact) mass is 397 g/mol. The Morgan fingerprint density at radius 1 is 1.14 bits per heavy atom. The topological polar surface area (TPSA) is 73.2 Å². The second-order valence-corrected chi connectivity index (χ2v) is 7.60. The number of aryl methyl sites for hydroxylation is 2. The first kappa shape index (κ1) is 21.1. The van der Waals surface area contributed by atoms with Gasteiger partial charge in [-0.15, -0.1) is 0 Å². The van der Waals surface area contributed by atoms with Crippen molar-refractivity contribution in [1.29, 1.82) is 0 Å². The number of carbonyl (C=O) groups excluding carboxylic acids is 1. The molecular weight excluding hydrogens is 366 g/mol. The minimum Gasteiger partial charge on any atom is -0.496 e. The molecule has 0 saturated carbocycles. The van der Waals surface area contributed by atoms with Crippen LogP contribution >= 0.6 is 0 Å². The third-order valence-corrected chi connectivity index (χ3v) is 5.60. The number of benzene rings is 1. The Balaban J connectivity index is 2.08. The number of hydrogen-bond donors (Lipinski definition) is 1. The van der Waals surface area contributed by atoms with Crippen LogP contribution in [0.15, 0.2) is 16.9 Å². The zero-order chi connectivity index (χ0) is 21.0. The maximum absolute atomic E-state index is 13.1. The maximum atomic E-state index is 13.1. The molecule has 1 aliphatic carbocycles. The van der Waals surface area contributed by atoms with Crippen molar-refractivity contribution in [2.75, 3.05) is 19.0 Å². The Hall–Kier alpha value is -2.63. The van der Waals surface area contributed by atoms with Crippen molar-refractivity contribution in [1.82, 2.24) is 9.55 Å². The molecule has 0 aliphatic heterocycles. The van der Waals surface area contributed by atoms with Crippen molar-refractivity contribution in [2.24, 2.45) is 7.05 Å². The van der Waals surface area contributed by atoms with E-state index in [9.17, 15) is 9.59 Å². The fourth-order valence-corrected chi connectivity index (χ4v) is 3.92. The van der Waals surface area contributed by atoms with Gasteiger partial charge in [0, 0.05) is 25.6 Å². The predicted molar refractivity (Wildman–Crippen MR) is 116 cm³/mol. The van der Waals surface area contributed by atoms with Gasteiger partial charge in [-0.25, -0.2) is 4.98 Å². The molecule has 1 N–H and O–H groups in total. The minimum atomic E-state index is -0.0841. The molecular formula is C23H31N3O3. The third kappa shape index (κ3) is 4.21. The number of ketones is 1. The van der Waals surface area contributed by atoms with Crippen LogP contribution in [0.3, 0.4) is 0 Å². The van der Waals surface area contributed by atoms with E-state index in [0.29, 0.717) is 30.1 Å². The molecule has 6 heteroatoms. The summed E-state index contributed by atoms with van der Waals surface area (Å²) in [5.41, 5.74) is 3.75. The van der Waals surface area contributed by atoms with Gasteiger partial charge in [-0.05, 0) is 43.4 Å². The van der Waals surface area contributed by atoms with Crippen LogP contribution in [0.5, 0.6) is 5.75 Å². The number of nitrogens with one attached hydrogen (secondary N) is 1. The first-order chi connectivity index (χ1) is 14.0. The van der Waals surface area contributed by atoms with Crippen molar-refractivity contribution in [3.63, 3.8) is 0 Å². The molecule has 1 aromatic carbocycles. The fourth-order valence-electron chi connectivity index (χ4n) is 3.92. The molecule has 0 saturated heterocycles. The summed E-state index contributed by atoms with van der Waals surface area (Å²) in [4.78, 5) is 30.2. The van der Waals surface area contributed by atoms with Gasteiger partial charge in [-0.2, -0.15) is 0 Å². The highest BCUT2D eigenvalue weighted by atomic mass is 16.5. The molecule has 0 atom stereocenters. The van der Waals surface area contributed by atoms with Gasteiger partial charge < -0.3 is 10.1 Å². The molecule has 0 spiro atoms. The van der Waals surface area contributed by atoms with Gasteiger partial charge in [0.25, 0.3) is 5.56 Å². The highest BCUT2D eigenvalue weighted by Gasteiger charge is 2.23. The molecule has 1 aromatic heterocycles. The van der Waals surface area contributed by atoms with Gasteiger partial charge in [-0.1, -0.05) is 26.7 Å². The summed E-state index contributed by atoms with van der Waals surface area (Å²) in [6.07, 6.45) is 6.23. The standard InChI is InChI=1S/C23H31N3O3/c1-5-7-8-12-24-21-18(6-2)25-22(26(3)23(21)28)17-13-15-10-9-11-19(27)16(15)14-20(17)29-4/h13-14,24H,5-12H2,1-4H3. The summed E-state index contributed by atoms with van der Waals surface area (Å²) < 4.78 is 7.16. The van der Waals surface area contributed by atoms with E-state index >= 15 is 0 Å². The summed E-state index contributed by atoms with van der Waals surface area (Å²) >= 11 is 0. The van der Waals surface area contributed by atoms with Gasteiger partial charge in [0.1, 0.15) is 17.3 Å². The van der Waals surface area contributed by atoms with Gasteiger partial charge in [-0.3, -0.25) is 14.2 Å². The van der Waals surface area contributed by atoms with Gasteiger partial charge in [0.15, 0.2) is 5.78 Å². The van der Waals surface area contributed by atoms with E-state index in [-0.39, 0.29) is 11.3 Å². The lowest BCUT2D eigenvalue weighted by Gasteiger charge is -2.20. The number of methoxy groups -OCH3 is 1. The van der Waals surface area contributed by atoms with Crippen molar-refractivity contribution >= 4 is 11.5 Å². The van der Waals surface area contributed by atoms with Crippen LogP contribution in [0.1, 0.15) is 67.6 Å². The SMILES string of the molecule is CCCCCNc1c(CC)nc(-c2cc3c(cc2OC)C(=O)CCC3)n(C)c1=O. The first-order valence-electron chi connectivity index (χ1n) is 10.6. The molecule has 0 bridgehead atoms. The highest BCUT2D eigenvalue weighted by molar-refractivity contribution is 5.99. The lowest BCUT2D eigenvalue weighted by Crippen LogP contribution is -2.26. The molecule has 0 amide bonds. The van der Waals surface area contributed by atoms with Crippen LogP contribution in [-0.4, -0.2) is 29.0 Å². The number of aromatic nitrogens is 2. The van der Waals surface area contributed by atoms with E-state index in [1.54, 1.807) is 24.8 Å². The first-order valence-corrected chi connectivity index (χ1v) is 10.6. The zero-order valence-corrected chi connectivity index (χ0v) is 17.9. The molecule has 29 heavy (non-hydrogen) atoms. The molecule has 1 aliphatic rings. The molecule has 0 unspecified atom stereocenters. The molecule has 0 fully saturated rings. The number of hydrogen-bond acceptors (Lipinski definition) is 5. The smallest absolute Gasteiger partial charge is 0.277 e. The fraction of sp³-hybridized carbons (Fsp3) is 0.522. The summed E-state index contributed by atoms with van der Waals surface area (Å²) in [6, 6.07) is 3.78. The summed E-state index contributed by atoms with van der Waals surface area (Å²) in [5, 5.41) is 3.30. The number of unbranched alkanes of at least 4 members (excludes halogenated alkanes) is 2. The zero-order valence-electron chi connectivity index (χ0n) is 17.9. The van der Waals surface area contributed by atoms with Gasteiger partial charge in [0.2, 0.25) is 0 Å². The number of Topliss-reactive ketones (excluding diaryl/α,β-unsaturated/α-hetero) is 1. The Bertz CT molecular complexity index is 963. The number of ether oxygens (including phenoxy) is 1. The minimum absolute atomic E-state index is 0.0841. The van der Waals surface area contributed by atoms with Crippen LogP contribution in [0, 0.1) is 0 Å².